The molecule has 2 aromatic carbocycles. The van der Waals surface area contributed by atoms with Gasteiger partial charge in [-0.05, 0) is 49.2 Å². The van der Waals surface area contributed by atoms with Crippen molar-refractivity contribution >= 4 is 34.5 Å². The Hall–Kier alpha value is -3.20. The van der Waals surface area contributed by atoms with Crippen LogP contribution in [0.2, 0.25) is 0 Å². The highest BCUT2D eigenvalue weighted by atomic mass is 32.2. The van der Waals surface area contributed by atoms with Gasteiger partial charge in [0, 0.05) is 11.6 Å². The zero-order valence-corrected chi connectivity index (χ0v) is 18.2. The second kappa shape index (κ2) is 9.95. The average Bonchev–Trinajstić information content (AvgIpc) is 2.81. The van der Waals surface area contributed by atoms with Gasteiger partial charge >= 0.3 is 0 Å². The summed E-state index contributed by atoms with van der Waals surface area (Å²) >= 11 is 1.08. The minimum absolute atomic E-state index is 0.0632. The van der Waals surface area contributed by atoms with Gasteiger partial charge in [-0.2, -0.15) is 4.68 Å². The Morgan fingerprint density at radius 2 is 1.78 bits per heavy atom. The van der Waals surface area contributed by atoms with Crippen LogP contribution >= 0.6 is 11.8 Å². The monoisotopic (exact) mass is 454 g/mol. The van der Waals surface area contributed by atoms with Crippen molar-refractivity contribution in [1.29, 1.82) is 0 Å². The first-order valence-corrected chi connectivity index (χ1v) is 11.5. The predicted molar refractivity (Wildman–Crippen MR) is 122 cm³/mol. The maximum atomic E-state index is 13.2. The third-order valence-corrected chi connectivity index (χ3v) is 6.31. The van der Waals surface area contributed by atoms with E-state index in [1.807, 2.05) is 0 Å². The van der Waals surface area contributed by atoms with Gasteiger partial charge in [0.15, 0.2) is 5.16 Å². The highest BCUT2D eigenvalue weighted by Crippen LogP contribution is 2.20. The van der Waals surface area contributed by atoms with Crippen LogP contribution in [0.5, 0.6) is 0 Å². The summed E-state index contributed by atoms with van der Waals surface area (Å²) in [5.41, 5.74) is 2.75. The van der Waals surface area contributed by atoms with Gasteiger partial charge in [0.25, 0.3) is 11.5 Å². The van der Waals surface area contributed by atoms with Crippen molar-refractivity contribution in [2.75, 3.05) is 11.2 Å². The summed E-state index contributed by atoms with van der Waals surface area (Å²) in [4.78, 5) is 42.7. The van der Waals surface area contributed by atoms with Gasteiger partial charge in [-0.3, -0.25) is 19.8 Å². The number of halogens is 1. The number of nitrogens with one attached hydrogen (secondary N) is 2. The Morgan fingerprint density at radius 1 is 1.06 bits per heavy atom. The highest BCUT2D eigenvalue weighted by molar-refractivity contribution is 7.99. The van der Waals surface area contributed by atoms with E-state index in [0.29, 0.717) is 10.9 Å². The molecule has 0 aliphatic heterocycles. The molecule has 1 heterocycles. The number of thioether (sulfide) groups is 1. The number of hydrogen-bond donors (Lipinski definition) is 2. The van der Waals surface area contributed by atoms with Gasteiger partial charge < -0.3 is 5.32 Å². The van der Waals surface area contributed by atoms with Crippen LogP contribution in [0.3, 0.4) is 0 Å². The number of aromatic nitrogens is 2. The van der Waals surface area contributed by atoms with E-state index in [1.54, 1.807) is 24.3 Å². The van der Waals surface area contributed by atoms with E-state index in [2.05, 4.69) is 15.7 Å². The van der Waals surface area contributed by atoms with Crippen LogP contribution in [0.1, 0.15) is 42.5 Å². The van der Waals surface area contributed by atoms with Crippen molar-refractivity contribution in [3.05, 3.63) is 70.3 Å². The van der Waals surface area contributed by atoms with Crippen LogP contribution in [-0.2, 0) is 4.79 Å². The Bertz CT molecular complexity index is 1190. The van der Waals surface area contributed by atoms with Gasteiger partial charge in [0.05, 0.1) is 16.7 Å². The van der Waals surface area contributed by atoms with Crippen molar-refractivity contribution in [2.24, 2.45) is 0 Å². The second-order valence-corrected chi connectivity index (χ2v) is 8.63. The Balaban J connectivity index is 1.57. The fourth-order valence-corrected chi connectivity index (χ4v) is 4.49. The summed E-state index contributed by atoms with van der Waals surface area (Å²) in [7, 11) is 0. The van der Waals surface area contributed by atoms with Crippen molar-refractivity contribution in [3.8, 4) is 0 Å². The SMILES string of the molecule is O=C(CSc1nc2ccccc2c(=O)n1NC(=O)c1ccc(F)cc1)NC1CCCCC1. The lowest BCUT2D eigenvalue weighted by Crippen LogP contribution is -2.38. The third kappa shape index (κ3) is 5.16. The molecule has 1 aliphatic rings. The number of nitrogens with zero attached hydrogens (tertiary/aromatic N) is 2. The Morgan fingerprint density at radius 3 is 2.53 bits per heavy atom. The number of carbonyl (C=O) groups is 2. The minimum atomic E-state index is -0.585. The first-order chi connectivity index (χ1) is 15.5. The molecule has 0 radical (unpaired) electrons. The summed E-state index contributed by atoms with van der Waals surface area (Å²) in [6, 6.07) is 12.0. The molecule has 0 bridgehead atoms. The molecule has 3 aromatic rings. The van der Waals surface area contributed by atoms with Crippen molar-refractivity contribution in [1.82, 2.24) is 15.0 Å². The van der Waals surface area contributed by atoms with E-state index in [9.17, 15) is 18.8 Å². The van der Waals surface area contributed by atoms with E-state index < -0.39 is 17.3 Å². The lowest BCUT2D eigenvalue weighted by Gasteiger charge is -2.22. The number of hydrogen-bond acceptors (Lipinski definition) is 5. The van der Waals surface area contributed by atoms with Crippen LogP contribution in [0, 0.1) is 5.82 Å². The Labute approximate surface area is 188 Å². The lowest BCUT2D eigenvalue weighted by atomic mass is 9.95. The van der Waals surface area contributed by atoms with Crippen LogP contribution in [-0.4, -0.2) is 33.3 Å². The van der Waals surface area contributed by atoms with Crippen LogP contribution < -0.4 is 16.3 Å². The van der Waals surface area contributed by atoms with Crippen molar-refractivity contribution in [3.63, 3.8) is 0 Å². The first-order valence-electron chi connectivity index (χ1n) is 10.5. The van der Waals surface area contributed by atoms with E-state index in [-0.39, 0.29) is 28.4 Å². The third-order valence-electron chi connectivity index (χ3n) is 5.37. The molecule has 2 amide bonds. The fourth-order valence-electron chi connectivity index (χ4n) is 3.72. The maximum absolute atomic E-state index is 13.2. The van der Waals surface area contributed by atoms with Gasteiger partial charge in [-0.25, -0.2) is 9.37 Å². The van der Waals surface area contributed by atoms with Crippen LogP contribution in [0.25, 0.3) is 10.9 Å². The second-order valence-electron chi connectivity index (χ2n) is 7.69. The quantitative estimate of drug-likeness (QED) is 0.440. The molecule has 1 saturated carbocycles. The van der Waals surface area contributed by atoms with Crippen molar-refractivity contribution < 1.29 is 14.0 Å². The highest BCUT2D eigenvalue weighted by Gasteiger charge is 2.19. The molecule has 0 unspecified atom stereocenters. The van der Waals surface area contributed by atoms with Gasteiger partial charge in [0.2, 0.25) is 5.91 Å². The number of para-hydroxylation sites is 1. The Kier molecular flexibility index (Phi) is 6.84. The van der Waals surface area contributed by atoms with E-state index in [4.69, 9.17) is 0 Å². The van der Waals surface area contributed by atoms with Crippen molar-refractivity contribution in [2.45, 2.75) is 43.3 Å². The smallest absolute Gasteiger partial charge is 0.281 e. The van der Waals surface area contributed by atoms with Gasteiger partial charge in [-0.1, -0.05) is 43.2 Å². The summed E-state index contributed by atoms with van der Waals surface area (Å²) in [5.74, 6) is -1.13. The maximum Gasteiger partial charge on any atom is 0.281 e. The number of carbonyl (C=O) groups excluding carboxylic acids is 2. The van der Waals surface area contributed by atoms with Crippen LogP contribution in [0.15, 0.2) is 58.5 Å². The molecular weight excluding hydrogens is 431 g/mol. The van der Waals surface area contributed by atoms with E-state index >= 15 is 0 Å². The number of amides is 2. The standard InChI is InChI=1S/C23H23FN4O3S/c24-16-12-10-15(11-13-16)21(30)27-28-22(31)18-8-4-5-9-19(18)26-23(28)32-14-20(29)25-17-6-2-1-3-7-17/h4-5,8-13,17H,1-3,6-7,14H2,(H,25,29)(H,27,30). The summed E-state index contributed by atoms with van der Waals surface area (Å²) in [6.07, 6.45) is 5.37. The molecule has 1 aromatic heterocycles. The van der Waals surface area contributed by atoms with Gasteiger partial charge in [0.1, 0.15) is 5.82 Å². The molecule has 32 heavy (non-hydrogen) atoms. The molecule has 9 heteroatoms. The summed E-state index contributed by atoms with van der Waals surface area (Å²) in [6.45, 7) is 0. The number of fused-ring (bicyclic) bond motifs is 1. The topological polar surface area (TPSA) is 93.1 Å². The van der Waals surface area contributed by atoms with E-state index in [0.717, 1.165) is 42.1 Å². The number of rotatable bonds is 6. The molecule has 0 saturated heterocycles. The van der Waals surface area contributed by atoms with Gasteiger partial charge in [-0.15, -0.1) is 0 Å². The molecular formula is C23H23FN4O3S. The number of benzene rings is 2. The largest absolute Gasteiger partial charge is 0.353 e. The molecule has 1 fully saturated rings. The molecule has 0 atom stereocenters. The van der Waals surface area contributed by atoms with E-state index in [1.165, 1.54) is 30.7 Å². The molecule has 2 N–H and O–H groups in total. The normalized spacial score (nSPS) is 14.3. The molecule has 0 spiro atoms. The molecule has 4 rings (SSSR count). The predicted octanol–water partition coefficient (Wildman–Crippen LogP) is 3.46. The lowest BCUT2D eigenvalue weighted by molar-refractivity contribution is -0.119. The first kappa shape index (κ1) is 22.0. The zero-order chi connectivity index (χ0) is 22.5. The molecule has 166 valence electrons. The summed E-state index contributed by atoms with van der Waals surface area (Å²) < 4.78 is 14.2. The molecule has 7 nitrogen and oxygen atoms in total. The zero-order valence-electron chi connectivity index (χ0n) is 17.3. The molecule has 1 aliphatic carbocycles. The van der Waals surface area contributed by atoms with Crippen LogP contribution in [0.4, 0.5) is 4.39 Å². The minimum Gasteiger partial charge on any atom is -0.353 e. The fraction of sp³-hybridized carbons (Fsp3) is 0.304. The summed E-state index contributed by atoms with van der Waals surface area (Å²) in [5, 5.41) is 3.57. The average molecular weight is 455 g/mol.